The first kappa shape index (κ1) is 16.0. The van der Waals surface area contributed by atoms with Crippen LogP contribution in [0.1, 0.15) is 43.6 Å². The Morgan fingerprint density at radius 1 is 1.14 bits per heavy atom. The zero-order chi connectivity index (χ0) is 15.5. The van der Waals surface area contributed by atoms with Crippen LogP contribution in [0.25, 0.3) is 0 Å². The van der Waals surface area contributed by atoms with Gasteiger partial charge in [0.2, 0.25) is 0 Å². The average Bonchev–Trinajstić information content (AvgIpc) is 2.45. The second-order valence-corrected chi connectivity index (χ2v) is 6.77. The minimum atomic E-state index is 0.124. The molecule has 0 radical (unpaired) electrons. The fourth-order valence-electron chi connectivity index (χ4n) is 2.37. The summed E-state index contributed by atoms with van der Waals surface area (Å²) in [5.41, 5.74) is 3.72. The predicted octanol–water partition coefficient (Wildman–Crippen LogP) is 4.54. The van der Waals surface area contributed by atoms with Crippen molar-refractivity contribution >= 4 is 11.6 Å². The molecule has 1 aromatic heterocycles. The van der Waals surface area contributed by atoms with Crippen LogP contribution in [-0.4, -0.2) is 12.0 Å². The molecule has 21 heavy (non-hydrogen) atoms. The van der Waals surface area contributed by atoms with Crippen LogP contribution in [0, 0.1) is 0 Å². The summed E-state index contributed by atoms with van der Waals surface area (Å²) < 4.78 is 0. The van der Waals surface area contributed by atoms with E-state index < -0.39 is 0 Å². The Hall–Kier alpha value is -1.38. The Labute approximate surface area is 132 Å². The normalized spacial score (nSPS) is 13.2. The van der Waals surface area contributed by atoms with Crippen LogP contribution in [0.3, 0.4) is 0 Å². The zero-order valence-electron chi connectivity index (χ0n) is 13.2. The van der Waals surface area contributed by atoms with Crippen molar-refractivity contribution in [2.75, 3.05) is 7.05 Å². The van der Waals surface area contributed by atoms with Gasteiger partial charge in [0, 0.05) is 6.20 Å². The molecule has 0 saturated heterocycles. The van der Waals surface area contributed by atoms with E-state index >= 15 is 0 Å². The molecule has 0 amide bonds. The minimum absolute atomic E-state index is 0.124. The lowest BCUT2D eigenvalue weighted by molar-refractivity contribution is 0.573. The van der Waals surface area contributed by atoms with Gasteiger partial charge in [0.05, 0.1) is 16.8 Å². The topological polar surface area (TPSA) is 24.9 Å². The van der Waals surface area contributed by atoms with Crippen LogP contribution in [0.15, 0.2) is 42.6 Å². The number of pyridine rings is 1. The molecule has 2 nitrogen and oxygen atoms in total. The standard InChI is InChI=1S/C18H23ClN2/c1-18(2,3)14-9-7-13(8-10-14)12-16(20-4)17-15(19)6-5-11-21-17/h5-11,16,20H,12H2,1-4H3. The lowest BCUT2D eigenvalue weighted by Gasteiger charge is -2.20. The molecule has 112 valence electrons. The van der Waals surface area contributed by atoms with E-state index in [9.17, 15) is 0 Å². The van der Waals surface area contributed by atoms with Gasteiger partial charge in [0.1, 0.15) is 0 Å². The van der Waals surface area contributed by atoms with E-state index in [2.05, 4.69) is 55.3 Å². The number of nitrogens with zero attached hydrogens (tertiary/aromatic N) is 1. The highest BCUT2D eigenvalue weighted by Gasteiger charge is 2.16. The number of hydrogen-bond acceptors (Lipinski definition) is 2. The molecule has 1 unspecified atom stereocenters. The SMILES string of the molecule is CNC(Cc1ccc(C(C)(C)C)cc1)c1ncccc1Cl. The number of aromatic nitrogens is 1. The van der Waals surface area contributed by atoms with E-state index in [-0.39, 0.29) is 11.5 Å². The number of nitrogens with one attached hydrogen (secondary N) is 1. The Kier molecular flexibility index (Phi) is 5.02. The maximum atomic E-state index is 6.25. The molecule has 0 aliphatic rings. The molecular weight excluding hydrogens is 280 g/mol. The van der Waals surface area contributed by atoms with E-state index in [1.54, 1.807) is 6.20 Å². The van der Waals surface area contributed by atoms with Crippen molar-refractivity contribution in [1.29, 1.82) is 0 Å². The number of likely N-dealkylation sites (N-methyl/N-ethyl adjacent to an activating group) is 1. The zero-order valence-corrected chi connectivity index (χ0v) is 13.9. The largest absolute Gasteiger partial charge is 0.311 e. The molecule has 2 rings (SSSR count). The number of benzene rings is 1. The van der Waals surface area contributed by atoms with Gasteiger partial charge in [-0.1, -0.05) is 56.6 Å². The third-order valence-electron chi connectivity index (χ3n) is 3.73. The Morgan fingerprint density at radius 3 is 2.33 bits per heavy atom. The van der Waals surface area contributed by atoms with Gasteiger partial charge in [-0.3, -0.25) is 4.98 Å². The van der Waals surface area contributed by atoms with Gasteiger partial charge in [0.25, 0.3) is 0 Å². The Morgan fingerprint density at radius 2 is 1.81 bits per heavy atom. The number of hydrogen-bond donors (Lipinski definition) is 1. The number of rotatable bonds is 4. The minimum Gasteiger partial charge on any atom is -0.311 e. The first-order chi connectivity index (χ1) is 9.91. The van der Waals surface area contributed by atoms with E-state index in [1.165, 1.54) is 11.1 Å². The molecule has 1 aromatic carbocycles. The third-order valence-corrected chi connectivity index (χ3v) is 4.04. The van der Waals surface area contributed by atoms with E-state index in [0.29, 0.717) is 5.02 Å². The number of halogens is 1. The second-order valence-electron chi connectivity index (χ2n) is 6.36. The van der Waals surface area contributed by atoms with Crippen LogP contribution < -0.4 is 5.32 Å². The van der Waals surface area contributed by atoms with Gasteiger partial charge in [-0.05, 0) is 42.1 Å². The van der Waals surface area contributed by atoms with Gasteiger partial charge in [0.15, 0.2) is 0 Å². The molecule has 0 aliphatic carbocycles. The van der Waals surface area contributed by atoms with Crippen molar-refractivity contribution in [2.24, 2.45) is 0 Å². The molecule has 0 aliphatic heterocycles. The molecule has 0 bridgehead atoms. The van der Waals surface area contributed by atoms with Gasteiger partial charge in [-0.25, -0.2) is 0 Å². The molecule has 3 heteroatoms. The fraction of sp³-hybridized carbons (Fsp3) is 0.389. The molecule has 0 saturated carbocycles. The average molecular weight is 303 g/mol. The van der Waals surface area contributed by atoms with Crippen LogP contribution >= 0.6 is 11.6 Å². The Balaban J connectivity index is 2.18. The summed E-state index contributed by atoms with van der Waals surface area (Å²) in [6.45, 7) is 6.68. The van der Waals surface area contributed by atoms with Crippen molar-refractivity contribution in [3.8, 4) is 0 Å². The lowest BCUT2D eigenvalue weighted by Crippen LogP contribution is -2.20. The van der Waals surface area contributed by atoms with Gasteiger partial charge >= 0.3 is 0 Å². The lowest BCUT2D eigenvalue weighted by atomic mass is 9.86. The molecule has 2 aromatic rings. The van der Waals surface area contributed by atoms with Gasteiger partial charge in [-0.2, -0.15) is 0 Å². The van der Waals surface area contributed by atoms with E-state index in [1.807, 2.05) is 19.2 Å². The van der Waals surface area contributed by atoms with E-state index in [4.69, 9.17) is 11.6 Å². The quantitative estimate of drug-likeness (QED) is 0.897. The summed E-state index contributed by atoms with van der Waals surface area (Å²) >= 11 is 6.25. The van der Waals surface area contributed by atoms with Crippen molar-refractivity contribution in [2.45, 2.75) is 38.6 Å². The van der Waals surface area contributed by atoms with Gasteiger partial charge < -0.3 is 5.32 Å². The maximum absolute atomic E-state index is 6.25. The van der Waals surface area contributed by atoms with Crippen molar-refractivity contribution in [3.05, 3.63) is 64.4 Å². The molecule has 0 spiro atoms. The summed E-state index contributed by atoms with van der Waals surface area (Å²) in [4.78, 5) is 4.41. The molecular formula is C18H23ClN2. The summed E-state index contributed by atoms with van der Waals surface area (Å²) in [6, 6.07) is 12.7. The van der Waals surface area contributed by atoms with Crippen LogP contribution in [-0.2, 0) is 11.8 Å². The molecule has 0 fully saturated rings. The summed E-state index contributed by atoms with van der Waals surface area (Å²) in [5.74, 6) is 0. The first-order valence-electron chi connectivity index (χ1n) is 7.29. The fourth-order valence-corrected chi connectivity index (χ4v) is 2.62. The summed E-state index contributed by atoms with van der Waals surface area (Å²) in [5, 5.41) is 4.02. The van der Waals surface area contributed by atoms with Crippen LogP contribution in [0.4, 0.5) is 0 Å². The predicted molar refractivity (Wildman–Crippen MR) is 89.9 cm³/mol. The molecule has 1 heterocycles. The maximum Gasteiger partial charge on any atom is 0.0762 e. The highest BCUT2D eigenvalue weighted by atomic mass is 35.5. The van der Waals surface area contributed by atoms with Gasteiger partial charge in [-0.15, -0.1) is 0 Å². The Bertz CT molecular complexity index is 585. The highest BCUT2D eigenvalue weighted by molar-refractivity contribution is 6.31. The second kappa shape index (κ2) is 6.59. The first-order valence-corrected chi connectivity index (χ1v) is 7.66. The van der Waals surface area contributed by atoms with Crippen molar-refractivity contribution in [3.63, 3.8) is 0 Å². The van der Waals surface area contributed by atoms with Crippen molar-refractivity contribution < 1.29 is 0 Å². The smallest absolute Gasteiger partial charge is 0.0762 e. The monoisotopic (exact) mass is 302 g/mol. The van der Waals surface area contributed by atoms with Crippen LogP contribution in [0.5, 0.6) is 0 Å². The van der Waals surface area contributed by atoms with Crippen LogP contribution in [0.2, 0.25) is 5.02 Å². The summed E-state index contributed by atoms with van der Waals surface area (Å²) in [7, 11) is 1.94. The summed E-state index contributed by atoms with van der Waals surface area (Å²) in [6.07, 6.45) is 2.66. The van der Waals surface area contributed by atoms with Crippen molar-refractivity contribution in [1.82, 2.24) is 10.3 Å². The molecule has 1 atom stereocenters. The molecule has 1 N–H and O–H groups in total. The van der Waals surface area contributed by atoms with E-state index in [0.717, 1.165) is 12.1 Å². The third kappa shape index (κ3) is 4.05. The highest BCUT2D eigenvalue weighted by Crippen LogP contribution is 2.26.